The highest BCUT2D eigenvalue weighted by Crippen LogP contribution is 1.88. The molecule has 0 radical (unpaired) electrons. The van der Waals surface area contributed by atoms with E-state index >= 15 is 0 Å². The summed E-state index contributed by atoms with van der Waals surface area (Å²) in [5.74, 6) is 0. The van der Waals surface area contributed by atoms with Crippen LogP contribution in [-0.2, 0) is 0 Å². The smallest absolute Gasteiger partial charge is 0.0394 e. The Kier molecular flexibility index (Phi) is 14.1. The van der Waals surface area contributed by atoms with Crippen LogP contribution in [0, 0.1) is 0 Å². The Hall–Kier alpha value is -0.370. The van der Waals surface area contributed by atoms with Gasteiger partial charge in [-0.25, -0.2) is 0 Å². The highest BCUT2D eigenvalue weighted by Gasteiger charge is 1.91. The molecule has 2 N–H and O–H groups in total. The molecule has 0 rings (SSSR count). The number of nitrogens with zero attached hydrogens (tertiary/aromatic N) is 1. The van der Waals surface area contributed by atoms with Gasteiger partial charge in [0.05, 0.1) is 0 Å². The lowest BCUT2D eigenvalue weighted by Gasteiger charge is -1.99. The molecule has 0 saturated carbocycles. The van der Waals surface area contributed by atoms with Gasteiger partial charge < -0.3 is 5.73 Å². The number of hydrogen-bond acceptors (Lipinski definition) is 2. The Morgan fingerprint density at radius 2 is 2.00 bits per heavy atom. The second kappa shape index (κ2) is 11.4. The molecule has 0 heterocycles. The molecular weight excluding hydrogens is 124 g/mol. The van der Waals surface area contributed by atoms with Gasteiger partial charge in [0.1, 0.15) is 0 Å². The first-order valence-electron chi connectivity index (χ1n) is 3.99. The van der Waals surface area contributed by atoms with Crippen molar-refractivity contribution >= 4 is 6.21 Å². The van der Waals surface area contributed by atoms with Gasteiger partial charge in [0.2, 0.25) is 0 Å². The Labute approximate surface area is 64.5 Å². The van der Waals surface area contributed by atoms with Crippen LogP contribution >= 0.6 is 0 Å². The second-order valence-electron chi connectivity index (χ2n) is 1.86. The van der Waals surface area contributed by atoms with Crippen molar-refractivity contribution in [2.45, 2.75) is 39.7 Å². The zero-order valence-corrected chi connectivity index (χ0v) is 7.59. The lowest BCUT2D eigenvalue weighted by atomic mass is 10.2. The van der Waals surface area contributed by atoms with Gasteiger partial charge in [-0.1, -0.05) is 27.2 Å². The second-order valence-corrected chi connectivity index (χ2v) is 1.86. The fourth-order valence-corrected chi connectivity index (χ4v) is 0.599. The van der Waals surface area contributed by atoms with Crippen molar-refractivity contribution in [3.05, 3.63) is 0 Å². The standard InChI is InChI=1S/C6H14N2.C2H6/c1-3-4-6(7)5-8-2;1-2/h5-6H,3-4,7H2,1-2H3;1-2H3. The molecule has 0 saturated heterocycles. The molecule has 1 unspecified atom stereocenters. The first-order valence-corrected chi connectivity index (χ1v) is 3.99. The summed E-state index contributed by atoms with van der Waals surface area (Å²) < 4.78 is 0. The molecule has 0 fully saturated rings. The van der Waals surface area contributed by atoms with Crippen molar-refractivity contribution in [1.29, 1.82) is 0 Å². The molecule has 10 heavy (non-hydrogen) atoms. The number of rotatable bonds is 3. The largest absolute Gasteiger partial charge is 0.323 e. The van der Waals surface area contributed by atoms with E-state index in [1.807, 2.05) is 13.8 Å². The van der Waals surface area contributed by atoms with Crippen LogP contribution in [0.1, 0.15) is 33.6 Å². The van der Waals surface area contributed by atoms with Gasteiger partial charge in [-0.3, -0.25) is 4.99 Å². The van der Waals surface area contributed by atoms with Crippen LogP contribution in [0.2, 0.25) is 0 Å². The summed E-state index contributed by atoms with van der Waals surface area (Å²) in [5.41, 5.74) is 5.55. The molecule has 62 valence electrons. The summed E-state index contributed by atoms with van der Waals surface area (Å²) in [4.78, 5) is 3.80. The summed E-state index contributed by atoms with van der Waals surface area (Å²) in [6.07, 6.45) is 3.95. The van der Waals surface area contributed by atoms with E-state index < -0.39 is 0 Å². The normalized spacial score (nSPS) is 12.5. The molecule has 0 amide bonds. The van der Waals surface area contributed by atoms with Gasteiger partial charge in [0.15, 0.2) is 0 Å². The van der Waals surface area contributed by atoms with Gasteiger partial charge in [-0.2, -0.15) is 0 Å². The average Bonchev–Trinajstić information content (AvgIpc) is 1.93. The number of nitrogens with two attached hydrogens (primary N) is 1. The molecule has 0 spiro atoms. The summed E-state index contributed by atoms with van der Waals surface area (Å²) in [5, 5.41) is 0. The van der Waals surface area contributed by atoms with Crippen molar-refractivity contribution in [3.63, 3.8) is 0 Å². The lowest BCUT2D eigenvalue weighted by molar-refractivity contribution is 0.740. The molecule has 0 aromatic carbocycles. The van der Waals surface area contributed by atoms with Crippen molar-refractivity contribution in [2.24, 2.45) is 10.7 Å². The molecule has 2 nitrogen and oxygen atoms in total. The van der Waals surface area contributed by atoms with Crippen molar-refractivity contribution in [2.75, 3.05) is 7.05 Å². The molecule has 0 aliphatic carbocycles. The van der Waals surface area contributed by atoms with E-state index in [4.69, 9.17) is 5.73 Å². The Balaban J connectivity index is 0. The van der Waals surface area contributed by atoms with Crippen LogP contribution in [0.3, 0.4) is 0 Å². The summed E-state index contributed by atoms with van der Waals surface area (Å²) in [7, 11) is 1.75. The average molecular weight is 144 g/mol. The maximum atomic E-state index is 5.55. The molecule has 0 aliphatic rings. The zero-order valence-electron chi connectivity index (χ0n) is 7.59. The van der Waals surface area contributed by atoms with Crippen LogP contribution in [0.15, 0.2) is 4.99 Å². The van der Waals surface area contributed by atoms with E-state index in [0.29, 0.717) is 0 Å². The highest BCUT2D eigenvalue weighted by atomic mass is 14.7. The Morgan fingerprint density at radius 3 is 2.30 bits per heavy atom. The van der Waals surface area contributed by atoms with E-state index in [0.717, 1.165) is 12.8 Å². The molecule has 2 heteroatoms. The highest BCUT2D eigenvalue weighted by molar-refractivity contribution is 5.63. The van der Waals surface area contributed by atoms with Gasteiger partial charge in [-0.15, -0.1) is 0 Å². The molecule has 0 aromatic rings. The minimum atomic E-state index is 0.171. The van der Waals surface area contributed by atoms with Gasteiger partial charge in [-0.05, 0) is 6.42 Å². The Morgan fingerprint density at radius 1 is 1.50 bits per heavy atom. The molecule has 0 aliphatic heterocycles. The van der Waals surface area contributed by atoms with Crippen LogP contribution in [0.5, 0.6) is 0 Å². The molecule has 1 atom stereocenters. The quantitative estimate of drug-likeness (QED) is 0.603. The van der Waals surface area contributed by atoms with Crippen LogP contribution in [0.4, 0.5) is 0 Å². The monoisotopic (exact) mass is 144 g/mol. The minimum absolute atomic E-state index is 0.171. The molecular formula is C8H20N2. The lowest BCUT2D eigenvalue weighted by Crippen LogP contribution is -2.20. The predicted octanol–water partition coefficient (Wildman–Crippen LogP) is 1.84. The van der Waals surface area contributed by atoms with Crippen LogP contribution in [-0.4, -0.2) is 19.3 Å². The zero-order chi connectivity index (χ0) is 8.41. The summed E-state index contributed by atoms with van der Waals surface area (Å²) in [6, 6.07) is 0.171. The van der Waals surface area contributed by atoms with Gasteiger partial charge >= 0.3 is 0 Å². The van der Waals surface area contributed by atoms with Crippen molar-refractivity contribution < 1.29 is 0 Å². The third-order valence-electron chi connectivity index (χ3n) is 0.963. The predicted molar refractivity (Wildman–Crippen MR) is 48.6 cm³/mol. The first kappa shape index (κ1) is 12.3. The van der Waals surface area contributed by atoms with E-state index in [1.165, 1.54) is 0 Å². The number of aliphatic imine (C=N–C) groups is 1. The third-order valence-corrected chi connectivity index (χ3v) is 0.963. The molecule has 0 bridgehead atoms. The summed E-state index contributed by atoms with van der Waals surface area (Å²) >= 11 is 0. The van der Waals surface area contributed by atoms with E-state index in [2.05, 4.69) is 11.9 Å². The van der Waals surface area contributed by atoms with E-state index in [9.17, 15) is 0 Å². The van der Waals surface area contributed by atoms with Gasteiger partial charge in [0.25, 0.3) is 0 Å². The minimum Gasteiger partial charge on any atom is -0.323 e. The summed E-state index contributed by atoms with van der Waals surface area (Å²) in [6.45, 7) is 6.11. The van der Waals surface area contributed by atoms with E-state index in [1.54, 1.807) is 13.3 Å². The fourth-order valence-electron chi connectivity index (χ4n) is 0.599. The van der Waals surface area contributed by atoms with Gasteiger partial charge in [0, 0.05) is 19.3 Å². The van der Waals surface area contributed by atoms with Crippen LogP contribution in [0.25, 0.3) is 0 Å². The molecule has 0 aromatic heterocycles. The third kappa shape index (κ3) is 10.6. The maximum Gasteiger partial charge on any atom is 0.0394 e. The topological polar surface area (TPSA) is 38.4 Å². The maximum absolute atomic E-state index is 5.55. The van der Waals surface area contributed by atoms with Crippen LogP contribution < -0.4 is 5.73 Å². The fraction of sp³-hybridized carbons (Fsp3) is 0.875. The SMILES string of the molecule is CC.CCCC(N)C=NC. The van der Waals surface area contributed by atoms with E-state index in [-0.39, 0.29) is 6.04 Å². The first-order chi connectivity index (χ1) is 4.81. The van der Waals surface area contributed by atoms with Crippen molar-refractivity contribution in [1.82, 2.24) is 0 Å². The Bertz CT molecular complexity index is 69.7. The number of hydrogen-bond donors (Lipinski definition) is 1. The van der Waals surface area contributed by atoms with Crippen molar-refractivity contribution in [3.8, 4) is 0 Å².